The number of nitrogens with zero attached hydrogens (tertiary/aromatic N) is 3. The van der Waals surface area contributed by atoms with E-state index < -0.39 is 0 Å². The molecule has 27 heavy (non-hydrogen) atoms. The highest BCUT2D eigenvalue weighted by atomic mass is 79.9. The standard InChI is InChI=1S/C20H19BrN4O2/c1-13-10-15(14(2)25(13)19-6-4-5-9-22-19)12-23-24-20(26)17-11-16(21)7-8-18(17)27-3/h4-12H,1-3H3,(H,24,26)/b23-12-. The van der Waals surface area contributed by atoms with Crippen molar-refractivity contribution in [2.75, 3.05) is 7.11 Å². The summed E-state index contributed by atoms with van der Waals surface area (Å²) in [7, 11) is 1.52. The molecule has 0 aliphatic heterocycles. The summed E-state index contributed by atoms with van der Waals surface area (Å²) in [5.74, 6) is 0.984. The fourth-order valence-corrected chi connectivity index (χ4v) is 3.20. The predicted octanol–water partition coefficient (Wildman–Crippen LogP) is 4.02. The lowest BCUT2D eigenvalue weighted by Crippen LogP contribution is -2.18. The second kappa shape index (κ2) is 8.18. The molecule has 138 valence electrons. The highest BCUT2D eigenvalue weighted by Crippen LogP contribution is 2.23. The molecule has 1 N–H and O–H groups in total. The Hall–Kier alpha value is -2.93. The van der Waals surface area contributed by atoms with Crippen molar-refractivity contribution in [3.8, 4) is 11.6 Å². The Morgan fingerprint density at radius 2 is 2.07 bits per heavy atom. The third-order valence-electron chi connectivity index (χ3n) is 4.12. The van der Waals surface area contributed by atoms with Gasteiger partial charge in [0.25, 0.3) is 5.91 Å². The molecule has 6 nitrogen and oxygen atoms in total. The van der Waals surface area contributed by atoms with Gasteiger partial charge in [0, 0.05) is 27.6 Å². The van der Waals surface area contributed by atoms with Gasteiger partial charge in [-0.1, -0.05) is 22.0 Å². The Labute approximate surface area is 166 Å². The van der Waals surface area contributed by atoms with E-state index in [9.17, 15) is 4.79 Å². The summed E-state index contributed by atoms with van der Waals surface area (Å²) in [5.41, 5.74) is 5.88. The van der Waals surface area contributed by atoms with Gasteiger partial charge in [-0.05, 0) is 50.2 Å². The second-order valence-electron chi connectivity index (χ2n) is 5.89. The minimum absolute atomic E-state index is 0.345. The smallest absolute Gasteiger partial charge is 0.275 e. The molecule has 0 saturated carbocycles. The van der Waals surface area contributed by atoms with Crippen molar-refractivity contribution in [2.24, 2.45) is 5.10 Å². The molecule has 2 aromatic heterocycles. The van der Waals surface area contributed by atoms with Gasteiger partial charge in [0.05, 0.1) is 18.9 Å². The van der Waals surface area contributed by atoms with Crippen LogP contribution in [0, 0.1) is 13.8 Å². The molecule has 2 heterocycles. The Morgan fingerprint density at radius 1 is 1.26 bits per heavy atom. The zero-order valence-corrected chi connectivity index (χ0v) is 16.8. The zero-order valence-electron chi connectivity index (χ0n) is 15.2. The third-order valence-corrected chi connectivity index (χ3v) is 4.62. The fraction of sp³-hybridized carbons (Fsp3) is 0.150. The maximum atomic E-state index is 12.4. The van der Waals surface area contributed by atoms with E-state index in [2.05, 4.69) is 31.4 Å². The van der Waals surface area contributed by atoms with Crippen LogP contribution in [0.3, 0.4) is 0 Å². The number of benzene rings is 1. The first-order valence-electron chi connectivity index (χ1n) is 8.28. The number of carbonyl (C=O) groups is 1. The van der Waals surface area contributed by atoms with Crippen molar-refractivity contribution < 1.29 is 9.53 Å². The largest absolute Gasteiger partial charge is 0.496 e. The molecule has 0 aliphatic carbocycles. The molecule has 1 aromatic carbocycles. The van der Waals surface area contributed by atoms with Crippen LogP contribution in [0.4, 0.5) is 0 Å². The van der Waals surface area contributed by atoms with Gasteiger partial charge in [0.1, 0.15) is 11.6 Å². The van der Waals surface area contributed by atoms with Gasteiger partial charge in [-0.15, -0.1) is 0 Å². The summed E-state index contributed by atoms with van der Waals surface area (Å²) in [6.45, 7) is 3.99. The highest BCUT2D eigenvalue weighted by molar-refractivity contribution is 9.10. The number of carbonyl (C=O) groups excluding carboxylic acids is 1. The van der Waals surface area contributed by atoms with E-state index in [1.54, 1.807) is 24.5 Å². The van der Waals surface area contributed by atoms with E-state index in [4.69, 9.17) is 4.74 Å². The highest BCUT2D eigenvalue weighted by Gasteiger charge is 2.13. The Balaban J connectivity index is 1.80. The number of nitrogens with one attached hydrogen (secondary N) is 1. The van der Waals surface area contributed by atoms with Crippen LogP contribution >= 0.6 is 15.9 Å². The van der Waals surface area contributed by atoms with Crippen molar-refractivity contribution >= 4 is 28.1 Å². The average molecular weight is 427 g/mol. The van der Waals surface area contributed by atoms with Crippen LogP contribution in [0.25, 0.3) is 5.82 Å². The van der Waals surface area contributed by atoms with Gasteiger partial charge in [-0.3, -0.25) is 4.79 Å². The number of ether oxygens (including phenoxy) is 1. The van der Waals surface area contributed by atoms with Crippen LogP contribution < -0.4 is 10.2 Å². The molecule has 0 saturated heterocycles. The number of hydrazone groups is 1. The molecule has 7 heteroatoms. The molecule has 0 radical (unpaired) electrons. The maximum Gasteiger partial charge on any atom is 0.275 e. The van der Waals surface area contributed by atoms with Gasteiger partial charge < -0.3 is 9.30 Å². The lowest BCUT2D eigenvalue weighted by molar-refractivity contribution is 0.0952. The van der Waals surface area contributed by atoms with Crippen LogP contribution in [0.1, 0.15) is 27.3 Å². The molecule has 0 unspecified atom stereocenters. The molecule has 0 atom stereocenters. The number of halogens is 1. The molecular formula is C20H19BrN4O2. The fourth-order valence-electron chi connectivity index (χ4n) is 2.84. The van der Waals surface area contributed by atoms with Crippen LogP contribution in [-0.2, 0) is 0 Å². The van der Waals surface area contributed by atoms with Crippen LogP contribution in [0.5, 0.6) is 5.75 Å². The van der Waals surface area contributed by atoms with Crippen molar-refractivity contribution in [2.45, 2.75) is 13.8 Å². The first-order chi connectivity index (χ1) is 13.0. The third kappa shape index (κ3) is 4.09. The quantitative estimate of drug-likeness (QED) is 0.494. The Morgan fingerprint density at radius 3 is 2.78 bits per heavy atom. The second-order valence-corrected chi connectivity index (χ2v) is 6.81. The maximum absolute atomic E-state index is 12.4. The van der Waals surface area contributed by atoms with Crippen molar-refractivity contribution in [1.29, 1.82) is 0 Å². The van der Waals surface area contributed by atoms with E-state index in [1.165, 1.54) is 7.11 Å². The van der Waals surface area contributed by atoms with Gasteiger partial charge in [-0.2, -0.15) is 5.10 Å². The Bertz CT molecular complexity index is 997. The molecule has 0 fully saturated rings. The van der Waals surface area contributed by atoms with Gasteiger partial charge in [0.15, 0.2) is 0 Å². The predicted molar refractivity (Wildman–Crippen MR) is 109 cm³/mol. The van der Waals surface area contributed by atoms with Crippen molar-refractivity contribution in [1.82, 2.24) is 15.0 Å². The molecule has 0 spiro atoms. The summed E-state index contributed by atoms with van der Waals surface area (Å²) in [6.07, 6.45) is 3.39. The van der Waals surface area contributed by atoms with Gasteiger partial charge in [-0.25, -0.2) is 10.4 Å². The minimum Gasteiger partial charge on any atom is -0.496 e. The molecular weight excluding hydrogens is 408 g/mol. The number of aryl methyl sites for hydroxylation is 1. The minimum atomic E-state index is -0.345. The Kier molecular flexibility index (Phi) is 5.71. The van der Waals surface area contributed by atoms with Crippen LogP contribution in [0.2, 0.25) is 0 Å². The zero-order chi connectivity index (χ0) is 19.4. The molecule has 0 aliphatic rings. The number of amides is 1. The molecule has 3 rings (SSSR count). The summed E-state index contributed by atoms with van der Waals surface area (Å²) < 4.78 is 8.06. The summed E-state index contributed by atoms with van der Waals surface area (Å²) in [4.78, 5) is 16.8. The lowest BCUT2D eigenvalue weighted by atomic mass is 10.2. The summed E-state index contributed by atoms with van der Waals surface area (Å²) >= 11 is 3.36. The molecule has 0 bridgehead atoms. The van der Waals surface area contributed by atoms with E-state index in [1.807, 2.05) is 48.7 Å². The monoisotopic (exact) mass is 426 g/mol. The summed E-state index contributed by atoms with van der Waals surface area (Å²) in [6, 6.07) is 13.0. The molecule has 3 aromatic rings. The van der Waals surface area contributed by atoms with Crippen LogP contribution in [0.15, 0.2) is 58.2 Å². The number of hydrogen-bond donors (Lipinski definition) is 1. The molecule has 1 amide bonds. The first-order valence-corrected chi connectivity index (χ1v) is 9.08. The van der Waals surface area contributed by atoms with E-state index >= 15 is 0 Å². The van der Waals surface area contributed by atoms with Crippen LogP contribution in [-0.4, -0.2) is 28.8 Å². The van der Waals surface area contributed by atoms with E-state index in [0.29, 0.717) is 11.3 Å². The van der Waals surface area contributed by atoms with Gasteiger partial charge >= 0.3 is 0 Å². The van der Waals surface area contributed by atoms with Crippen molar-refractivity contribution in [3.05, 3.63) is 75.6 Å². The SMILES string of the molecule is COc1ccc(Br)cc1C(=O)N/N=C\c1cc(C)n(-c2ccccn2)c1C. The van der Waals surface area contributed by atoms with Crippen molar-refractivity contribution in [3.63, 3.8) is 0 Å². The number of pyridine rings is 1. The normalized spacial score (nSPS) is 11.0. The van der Waals surface area contributed by atoms with E-state index in [0.717, 1.165) is 27.2 Å². The number of methoxy groups -OCH3 is 1. The number of rotatable bonds is 5. The first kappa shape index (κ1) is 18.8. The lowest BCUT2D eigenvalue weighted by Gasteiger charge is -2.08. The summed E-state index contributed by atoms with van der Waals surface area (Å²) in [5, 5.41) is 4.10. The number of hydrogen-bond acceptors (Lipinski definition) is 4. The average Bonchev–Trinajstić information content (AvgIpc) is 2.95. The van der Waals surface area contributed by atoms with Gasteiger partial charge in [0.2, 0.25) is 0 Å². The van der Waals surface area contributed by atoms with E-state index in [-0.39, 0.29) is 5.91 Å². The number of aromatic nitrogens is 2. The topological polar surface area (TPSA) is 68.5 Å².